The molecule has 3 rings (SSSR count). The van der Waals surface area contributed by atoms with Crippen LogP contribution in [0.25, 0.3) is 0 Å². The van der Waals surface area contributed by atoms with E-state index >= 15 is 0 Å². The molecule has 1 atom stereocenters. The molecule has 1 N–H and O–H groups in total. The van der Waals surface area contributed by atoms with Crippen molar-refractivity contribution in [1.29, 1.82) is 0 Å². The molecule has 6 nitrogen and oxygen atoms in total. The maximum Gasteiger partial charge on any atom is 0.412 e. The zero-order valence-corrected chi connectivity index (χ0v) is 17.6. The molecule has 2 aromatic carbocycles. The SMILES string of the molecule is CCC1CN(C(=O)c2ccc(OC(C)C)cc2)c2cc(C)c(C)cc2N1C(=O)O. The Balaban J connectivity index is 2.02. The molecule has 2 aromatic rings. The number of amides is 2. The van der Waals surface area contributed by atoms with Crippen LogP contribution in [0.3, 0.4) is 0 Å². The number of carbonyl (C=O) groups excluding carboxylic acids is 1. The molecule has 29 heavy (non-hydrogen) atoms. The van der Waals surface area contributed by atoms with Crippen molar-refractivity contribution in [2.75, 3.05) is 16.3 Å². The average Bonchev–Trinajstić information content (AvgIpc) is 2.67. The molecule has 1 aliphatic heterocycles. The lowest BCUT2D eigenvalue weighted by Crippen LogP contribution is -2.52. The lowest BCUT2D eigenvalue weighted by atomic mass is 9.99. The van der Waals surface area contributed by atoms with Gasteiger partial charge in [0.2, 0.25) is 0 Å². The van der Waals surface area contributed by atoms with Crippen LogP contribution >= 0.6 is 0 Å². The van der Waals surface area contributed by atoms with Crippen LogP contribution in [-0.4, -0.2) is 35.8 Å². The van der Waals surface area contributed by atoms with Gasteiger partial charge >= 0.3 is 6.09 Å². The molecule has 1 unspecified atom stereocenters. The molecule has 1 aliphatic rings. The van der Waals surface area contributed by atoms with Gasteiger partial charge in [0.25, 0.3) is 5.91 Å². The number of nitrogens with zero attached hydrogens (tertiary/aromatic N) is 2. The summed E-state index contributed by atoms with van der Waals surface area (Å²) in [5.74, 6) is 0.569. The summed E-state index contributed by atoms with van der Waals surface area (Å²) < 4.78 is 5.66. The van der Waals surface area contributed by atoms with Crippen LogP contribution in [0.15, 0.2) is 36.4 Å². The highest BCUT2D eigenvalue weighted by Crippen LogP contribution is 2.39. The van der Waals surface area contributed by atoms with E-state index in [1.54, 1.807) is 29.2 Å². The summed E-state index contributed by atoms with van der Waals surface area (Å²) in [4.78, 5) is 28.4. The number of carbonyl (C=O) groups is 2. The Labute approximate surface area is 171 Å². The Bertz CT molecular complexity index is 921. The Morgan fingerprint density at radius 1 is 1.10 bits per heavy atom. The number of rotatable bonds is 4. The summed E-state index contributed by atoms with van der Waals surface area (Å²) in [5.41, 5.74) is 3.75. The lowest BCUT2D eigenvalue weighted by molar-refractivity contribution is 0.0982. The predicted molar refractivity (Wildman–Crippen MR) is 114 cm³/mol. The monoisotopic (exact) mass is 396 g/mol. The fourth-order valence-corrected chi connectivity index (χ4v) is 3.65. The van der Waals surface area contributed by atoms with Crippen LogP contribution in [0, 0.1) is 13.8 Å². The quantitative estimate of drug-likeness (QED) is 0.788. The van der Waals surface area contributed by atoms with Crippen LogP contribution in [0.1, 0.15) is 48.7 Å². The maximum atomic E-state index is 13.3. The van der Waals surface area contributed by atoms with Gasteiger partial charge in [0.15, 0.2) is 0 Å². The van der Waals surface area contributed by atoms with Gasteiger partial charge in [-0.25, -0.2) is 4.79 Å². The lowest BCUT2D eigenvalue weighted by Gasteiger charge is -2.41. The maximum absolute atomic E-state index is 13.3. The third kappa shape index (κ3) is 4.06. The second-order valence-electron chi connectivity index (χ2n) is 7.75. The molecule has 6 heteroatoms. The second kappa shape index (κ2) is 8.15. The van der Waals surface area contributed by atoms with Crippen molar-refractivity contribution in [3.63, 3.8) is 0 Å². The highest BCUT2D eigenvalue weighted by atomic mass is 16.5. The smallest absolute Gasteiger partial charge is 0.412 e. The molecule has 0 aromatic heterocycles. The van der Waals surface area contributed by atoms with E-state index in [4.69, 9.17) is 4.74 Å². The van der Waals surface area contributed by atoms with Gasteiger partial charge in [0.1, 0.15) is 5.75 Å². The van der Waals surface area contributed by atoms with E-state index in [0.29, 0.717) is 35.7 Å². The molecule has 0 fully saturated rings. The normalized spacial score (nSPS) is 16.0. The molecule has 0 radical (unpaired) electrons. The van der Waals surface area contributed by atoms with Crippen LogP contribution in [0.4, 0.5) is 16.2 Å². The molecule has 0 bridgehead atoms. The molecular weight excluding hydrogens is 368 g/mol. The minimum atomic E-state index is -0.997. The topological polar surface area (TPSA) is 70.1 Å². The molecule has 2 amide bonds. The fraction of sp³-hybridized carbons (Fsp3) is 0.391. The first kappa shape index (κ1) is 20.7. The summed E-state index contributed by atoms with van der Waals surface area (Å²) >= 11 is 0. The van der Waals surface area contributed by atoms with Crippen molar-refractivity contribution in [3.8, 4) is 5.75 Å². The molecule has 0 saturated carbocycles. The third-order valence-corrected chi connectivity index (χ3v) is 5.30. The van der Waals surface area contributed by atoms with Gasteiger partial charge < -0.3 is 14.7 Å². The first-order valence-corrected chi connectivity index (χ1v) is 9.94. The number of fused-ring (bicyclic) bond motifs is 1. The van der Waals surface area contributed by atoms with Crippen molar-refractivity contribution >= 4 is 23.4 Å². The van der Waals surface area contributed by atoms with Crippen LogP contribution in [-0.2, 0) is 0 Å². The first-order valence-electron chi connectivity index (χ1n) is 9.94. The van der Waals surface area contributed by atoms with Crippen molar-refractivity contribution in [1.82, 2.24) is 0 Å². The number of aryl methyl sites for hydroxylation is 2. The van der Waals surface area contributed by atoms with E-state index in [9.17, 15) is 14.7 Å². The Morgan fingerprint density at radius 3 is 2.21 bits per heavy atom. The molecule has 1 heterocycles. The van der Waals surface area contributed by atoms with Crippen LogP contribution in [0.5, 0.6) is 5.75 Å². The van der Waals surface area contributed by atoms with E-state index in [1.807, 2.05) is 46.8 Å². The van der Waals surface area contributed by atoms with Crippen LogP contribution in [0.2, 0.25) is 0 Å². The van der Waals surface area contributed by atoms with E-state index in [-0.39, 0.29) is 18.1 Å². The minimum absolute atomic E-state index is 0.0593. The van der Waals surface area contributed by atoms with Gasteiger partial charge in [-0.05, 0) is 81.6 Å². The van der Waals surface area contributed by atoms with Gasteiger partial charge in [-0.1, -0.05) is 6.92 Å². The molecule has 0 aliphatic carbocycles. The molecular formula is C23H28N2O4. The summed E-state index contributed by atoms with van der Waals surface area (Å²) in [6.07, 6.45) is -0.323. The Kier molecular flexibility index (Phi) is 5.82. The van der Waals surface area contributed by atoms with Crippen LogP contribution < -0.4 is 14.5 Å². The Morgan fingerprint density at radius 2 is 1.69 bits per heavy atom. The third-order valence-electron chi connectivity index (χ3n) is 5.30. The van der Waals surface area contributed by atoms with E-state index in [1.165, 1.54) is 4.90 Å². The average molecular weight is 396 g/mol. The van der Waals surface area contributed by atoms with Gasteiger partial charge in [-0.2, -0.15) is 0 Å². The number of carboxylic acid groups (broad SMARTS) is 1. The van der Waals surface area contributed by atoms with Gasteiger partial charge in [-0.15, -0.1) is 0 Å². The number of benzene rings is 2. The van der Waals surface area contributed by atoms with Crippen molar-refractivity contribution < 1.29 is 19.4 Å². The zero-order valence-electron chi connectivity index (χ0n) is 17.6. The largest absolute Gasteiger partial charge is 0.491 e. The summed E-state index contributed by atoms with van der Waals surface area (Å²) in [6, 6.07) is 10.6. The standard InChI is InChI=1S/C23H28N2O4/c1-6-18-13-24(22(26)17-7-9-19(10-8-17)29-14(2)3)20-11-15(4)16(5)12-21(20)25(18)23(27)28/h7-12,14,18H,6,13H2,1-5H3,(H,27,28). The van der Waals surface area contributed by atoms with E-state index in [0.717, 1.165) is 11.1 Å². The van der Waals surface area contributed by atoms with E-state index in [2.05, 4.69) is 0 Å². The molecule has 154 valence electrons. The minimum Gasteiger partial charge on any atom is -0.491 e. The van der Waals surface area contributed by atoms with Crippen molar-refractivity contribution in [2.45, 2.75) is 53.2 Å². The van der Waals surface area contributed by atoms with Crippen molar-refractivity contribution in [2.24, 2.45) is 0 Å². The van der Waals surface area contributed by atoms with E-state index < -0.39 is 6.09 Å². The fourth-order valence-electron chi connectivity index (χ4n) is 3.65. The van der Waals surface area contributed by atoms with Crippen molar-refractivity contribution in [3.05, 3.63) is 53.1 Å². The number of ether oxygens (including phenoxy) is 1. The highest BCUT2D eigenvalue weighted by molar-refractivity contribution is 6.10. The summed E-state index contributed by atoms with van der Waals surface area (Å²) in [7, 11) is 0. The highest BCUT2D eigenvalue weighted by Gasteiger charge is 2.37. The molecule has 0 saturated heterocycles. The first-order chi connectivity index (χ1) is 13.7. The zero-order chi connectivity index (χ0) is 21.3. The van der Waals surface area contributed by atoms with Gasteiger partial charge in [0.05, 0.1) is 23.5 Å². The number of hydrogen-bond donors (Lipinski definition) is 1. The predicted octanol–water partition coefficient (Wildman–Crippen LogP) is 5.01. The molecule has 0 spiro atoms. The number of hydrogen-bond acceptors (Lipinski definition) is 3. The Hall–Kier alpha value is -3.02. The summed E-state index contributed by atoms with van der Waals surface area (Å²) in [6.45, 7) is 10.1. The van der Waals surface area contributed by atoms with Gasteiger partial charge in [-0.3, -0.25) is 9.69 Å². The summed E-state index contributed by atoms with van der Waals surface area (Å²) in [5, 5.41) is 9.80. The number of anilines is 2. The second-order valence-corrected chi connectivity index (χ2v) is 7.75. The van der Waals surface area contributed by atoms with Gasteiger partial charge in [0, 0.05) is 12.1 Å².